The van der Waals surface area contributed by atoms with E-state index in [1.165, 1.54) is 49.7 Å². The van der Waals surface area contributed by atoms with Crippen LogP contribution < -0.4 is 0 Å². The van der Waals surface area contributed by atoms with Gasteiger partial charge >= 0.3 is 5.97 Å². The lowest BCUT2D eigenvalue weighted by atomic mass is 10.2. The first-order valence-electron chi connectivity index (χ1n) is 5.54. The van der Waals surface area contributed by atoms with E-state index >= 15 is 0 Å². The van der Waals surface area contributed by atoms with E-state index in [4.69, 9.17) is 16.4 Å². The third-order valence-electron chi connectivity index (χ3n) is 2.60. The molecule has 1 aromatic heterocycles. The zero-order chi connectivity index (χ0) is 14.8. The SMILES string of the molecule is COC(=O)c1ccc(S(=N)(=O)c2ccc(Cl)cn2)cc1. The fourth-order valence-electron chi connectivity index (χ4n) is 1.55. The molecule has 20 heavy (non-hydrogen) atoms. The summed E-state index contributed by atoms with van der Waals surface area (Å²) < 4.78 is 25.1. The Morgan fingerprint density at radius 2 is 1.90 bits per heavy atom. The molecule has 0 bridgehead atoms. The number of pyridine rings is 1. The Bertz CT molecular complexity index is 725. The van der Waals surface area contributed by atoms with Gasteiger partial charge in [-0.05, 0) is 36.4 Å². The molecule has 0 saturated heterocycles. The van der Waals surface area contributed by atoms with Crippen molar-refractivity contribution in [1.29, 1.82) is 4.78 Å². The molecule has 1 aromatic carbocycles. The van der Waals surface area contributed by atoms with Crippen molar-refractivity contribution >= 4 is 27.3 Å². The summed E-state index contributed by atoms with van der Waals surface area (Å²) in [5.41, 5.74) is 0.329. The van der Waals surface area contributed by atoms with Crippen molar-refractivity contribution in [2.75, 3.05) is 7.11 Å². The first kappa shape index (κ1) is 14.5. The summed E-state index contributed by atoms with van der Waals surface area (Å²) in [6.45, 7) is 0. The van der Waals surface area contributed by atoms with E-state index in [1.54, 1.807) is 0 Å². The number of aromatic nitrogens is 1. The lowest BCUT2D eigenvalue weighted by Gasteiger charge is -2.07. The van der Waals surface area contributed by atoms with E-state index in [0.29, 0.717) is 10.6 Å². The highest BCUT2D eigenvalue weighted by molar-refractivity contribution is 7.92. The molecule has 1 unspecified atom stereocenters. The number of esters is 1. The van der Waals surface area contributed by atoms with Crippen LogP contribution >= 0.6 is 11.6 Å². The largest absolute Gasteiger partial charge is 0.465 e. The number of carbonyl (C=O) groups excluding carboxylic acids is 1. The minimum atomic E-state index is -3.23. The first-order chi connectivity index (χ1) is 9.45. The molecule has 1 N–H and O–H groups in total. The van der Waals surface area contributed by atoms with E-state index in [0.717, 1.165) is 0 Å². The topological polar surface area (TPSA) is 80.1 Å². The number of rotatable bonds is 3. The van der Waals surface area contributed by atoms with Crippen LogP contribution in [0.4, 0.5) is 0 Å². The first-order valence-corrected chi connectivity index (χ1v) is 7.47. The van der Waals surface area contributed by atoms with E-state index in [1.807, 2.05) is 0 Å². The van der Waals surface area contributed by atoms with Gasteiger partial charge in [0.05, 0.1) is 22.6 Å². The number of carbonyl (C=O) groups is 1. The highest BCUT2D eigenvalue weighted by atomic mass is 35.5. The van der Waals surface area contributed by atoms with E-state index in [9.17, 15) is 9.00 Å². The summed E-state index contributed by atoms with van der Waals surface area (Å²) in [4.78, 5) is 15.5. The molecule has 0 saturated carbocycles. The van der Waals surface area contributed by atoms with Crippen LogP contribution in [0.25, 0.3) is 0 Å². The van der Waals surface area contributed by atoms with E-state index in [2.05, 4.69) is 9.72 Å². The normalized spacial score (nSPS) is 13.5. The Morgan fingerprint density at radius 1 is 1.25 bits per heavy atom. The highest BCUT2D eigenvalue weighted by Crippen LogP contribution is 2.21. The van der Waals surface area contributed by atoms with Crippen LogP contribution in [0.15, 0.2) is 52.5 Å². The molecular weight excluding hydrogens is 300 g/mol. The predicted molar refractivity (Wildman–Crippen MR) is 74.4 cm³/mol. The van der Waals surface area contributed by atoms with Gasteiger partial charge in [0.25, 0.3) is 0 Å². The maximum absolute atomic E-state index is 12.5. The van der Waals surface area contributed by atoms with Gasteiger partial charge in [-0.25, -0.2) is 18.8 Å². The van der Waals surface area contributed by atoms with Crippen molar-refractivity contribution in [2.24, 2.45) is 0 Å². The highest BCUT2D eigenvalue weighted by Gasteiger charge is 2.15. The molecular formula is C13H11ClN2O3S. The maximum atomic E-state index is 12.5. The molecule has 0 amide bonds. The number of hydrogen-bond donors (Lipinski definition) is 1. The third kappa shape index (κ3) is 2.81. The van der Waals surface area contributed by atoms with Gasteiger partial charge in [0, 0.05) is 6.20 Å². The van der Waals surface area contributed by atoms with Crippen LogP contribution in [-0.4, -0.2) is 22.3 Å². The molecule has 7 heteroatoms. The van der Waals surface area contributed by atoms with Crippen molar-refractivity contribution in [3.63, 3.8) is 0 Å². The number of hydrogen-bond acceptors (Lipinski definition) is 5. The smallest absolute Gasteiger partial charge is 0.337 e. The van der Waals surface area contributed by atoms with Gasteiger partial charge < -0.3 is 4.74 Å². The van der Waals surface area contributed by atoms with Gasteiger partial charge in [-0.15, -0.1) is 0 Å². The maximum Gasteiger partial charge on any atom is 0.337 e. The van der Waals surface area contributed by atoms with Crippen LogP contribution in [0.1, 0.15) is 10.4 Å². The minimum absolute atomic E-state index is 0.118. The molecule has 0 aliphatic rings. The van der Waals surface area contributed by atoms with Crippen LogP contribution in [0.5, 0.6) is 0 Å². The van der Waals surface area contributed by atoms with Gasteiger partial charge in [0.1, 0.15) is 14.8 Å². The molecule has 2 aromatic rings. The number of methoxy groups -OCH3 is 1. The molecule has 0 radical (unpaired) electrons. The second kappa shape index (κ2) is 5.60. The van der Waals surface area contributed by atoms with Crippen LogP contribution in [0.2, 0.25) is 5.02 Å². The molecule has 104 valence electrons. The fraction of sp³-hybridized carbons (Fsp3) is 0.0769. The van der Waals surface area contributed by atoms with Gasteiger partial charge in [0.15, 0.2) is 0 Å². The summed E-state index contributed by atoms with van der Waals surface area (Å²) in [6.07, 6.45) is 1.34. The molecule has 5 nitrogen and oxygen atoms in total. The van der Waals surface area contributed by atoms with Crippen LogP contribution in [0, 0.1) is 4.78 Å². The molecule has 0 fully saturated rings. The second-order valence-electron chi connectivity index (χ2n) is 3.89. The third-order valence-corrected chi connectivity index (χ3v) is 4.59. The average Bonchev–Trinajstić information content (AvgIpc) is 2.47. The van der Waals surface area contributed by atoms with Gasteiger partial charge in [-0.3, -0.25) is 0 Å². The zero-order valence-electron chi connectivity index (χ0n) is 10.5. The van der Waals surface area contributed by atoms with Crippen LogP contribution in [-0.2, 0) is 14.5 Å². The summed E-state index contributed by atoms with van der Waals surface area (Å²) in [5.74, 6) is -0.488. The summed E-state index contributed by atoms with van der Waals surface area (Å²) in [6, 6.07) is 8.82. The quantitative estimate of drug-likeness (QED) is 0.884. The van der Waals surface area contributed by atoms with Gasteiger partial charge in [0.2, 0.25) is 0 Å². The summed E-state index contributed by atoms with van der Waals surface area (Å²) in [7, 11) is -1.95. The summed E-state index contributed by atoms with van der Waals surface area (Å²) in [5, 5.41) is 0.526. The van der Waals surface area contributed by atoms with E-state index in [-0.39, 0.29) is 9.92 Å². The average molecular weight is 311 g/mol. The minimum Gasteiger partial charge on any atom is -0.465 e. The number of nitrogens with zero attached hydrogens (tertiary/aromatic N) is 1. The standard InChI is InChI=1S/C13H11ClN2O3S/c1-19-13(17)9-2-5-11(6-3-9)20(15,18)12-7-4-10(14)8-16-12/h2-8,15H,1H3. The second-order valence-corrected chi connectivity index (χ2v) is 6.33. The Labute approximate surface area is 121 Å². The fourth-order valence-corrected chi connectivity index (χ4v) is 2.89. The van der Waals surface area contributed by atoms with Gasteiger partial charge in [-0.2, -0.15) is 0 Å². The van der Waals surface area contributed by atoms with E-state index < -0.39 is 15.7 Å². The number of ether oxygens (including phenoxy) is 1. The molecule has 1 heterocycles. The lowest BCUT2D eigenvalue weighted by molar-refractivity contribution is 0.0600. The van der Waals surface area contributed by atoms with Crippen molar-refractivity contribution in [3.8, 4) is 0 Å². The summed E-state index contributed by atoms with van der Waals surface area (Å²) >= 11 is 5.71. The Balaban J connectivity index is 2.40. The monoisotopic (exact) mass is 310 g/mol. The number of benzene rings is 1. The molecule has 0 aliphatic heterocycles. The Kier molecular flexibility index (Phi) is 4.06. The van der Waals surface area contributed by atoms with Gasteiger partial charge in [-0.1, -0.05) is 11.6 Å². The Morgan fingerprint density at radius 3 is 2.40 bits per heavy atom. The van der Waals surface area contributed by atoms with Crippen molar-refractivity contribution in [3.05, 3.63) is 53.2 Å². The zero-order valence-corrected chi connectivity index (χ0v) is 12.1. The number of halogens is 1. The van der Waals surface area contributed by atoms with Crippen molar-refractivity contribution < 1.29 is 13.7 Å². The Hall–Kier alpha value is -1.92. The number of nitrogens with one attached hydrogen (secondary N) is 1. The lowest BCUT2D eigenvalue weighted by Crippen LogP contribution is -2.04. The molecule has 2 rings (SSSR count). The predicted octanol–water partition coefficient (Wildman–Crippen LogP) is 2.99. The van der Waals surface area contributed by atoms with Crippen molar-refractivity contribution in [2.45, 2.75) is 9.92 Å². The molecule has 0 spiro atoms. The molecule has 0 aliphatic carbocycles. The molecule has 1 atom stereocenters. The van der Waals surface area contributed by atoms with Crippen molar-refractivity contribution in [1.82, 2.24) is 4.98 Å². The van der Waals surface area contributed by atoms with Crippen LogP contribution in [0.3, 0.4) is 0 Å².